The van der Waals surface area contributed by atoms with Crippen LogP contribution in [0.1, 0.15) is 18.4 Å². The fourth-order valence-electron chi connectivity index (χ4n) is 2.49. The van der Waals surface area contributed by atoms with Crippen LogP contribution in [0.4, 0.5) is 4.39 Å². The standard InChI is InChI=1S/C13H12FNO/c14-10-5-3-9(4-6-10)12-8-11-2-1-7-15(11)13(12)16/h3-6,8,11H,1-2,7H2. The summed E-state index contributed by atoms with van der Waals surface area (Å²) in [6.07, 6.45) is 4.16. The number of carbonyl (C=O) groups is 1. The Morgan fingerprint density at radius 2 is 2.00 bits per heavy atom. The molecule has 0 radical (unpaired) electrons. The largest absolute Gasteiger partial charge is 0.332 e. The zero-order valence-corrected chi connectivity index (χ0v) is 8.82. The van der Waals surface area contributed by atoms with Gasteiger partial charge >= 0.3 is 0 Å². The van der Waals surface area contributed by atoms with Gasteiger partial charge in [-0.1, -0.05) is 12.1 Å². The van der Waals surface area contributed by atoms with Gasteiger partial charge in [-0.2, -0.15) is 0 Å². The van der Waals surface area contributed by atoms with Crippen molar-refractivity contribution >= 4 is 11.5 Å². The fourth-order valence-corrected chi connectivity index (χ4v) is 2.49. The van der Waals surface area contributed by atoms with E-state index in [1.807, 2.05) is 11.0 Å². The number of hydrogen-bond donors (Lipinski definition) is 0. The van der Waals surface area contributed by atoms with Crippen LogP contribution >= 0.6 is 0 Å². The van der Waals surface area contributed by atoms with Crippen LogP contribution in [0.15, 0.2) is 30.3 Å². The number of rotatable bonds is 1. The quantitative estimate of drug-likeness (QED) is 0.706. The molecule has 1 saturated heterocycles. The number of fused-ring (bicyclic) bond motifs is 1. The molecule has 3 heteroatoms. The van der Waals surface area contributed by atoms with Gasteiger partial charge in [-0.3, -0.25) is 4.79 Å². The summed E-state index contributed by atoms with van der Waals surface area (Å²) in [6, 6.07) is 6.40. The lowest BCUT2D eigenvalue weighted by molar-refractivity contribution is -0.124. The highest BCUT2D eigenvalue weighted by Gasteiger charge is 2.35. The van der Waals surface area contributed by atoms with E-state index in [1.54, 1.807) is 12.1 Å². The summed E-state index contributed by atoms with van der Waals surface area (Å²) >= 11 is 0. The Morgan fingerprint density at radius 1 is 1.25 bits per heavy atom. The summed E-state index contributed by atoms with van der Waals surface area (Å²) in [5.41, 5.74) is 1.55. The van der Waals surface area contributed by atoms with Crippen molar-refractivity contribution in [2.75, 3.05) is 6.54 Å². The number of carbonyl (C=O) groups excluding carboxylic acids is 1. The maximum Gasteiger partial charge on any atom is 0.254 e. The van der Waals surface area contributed by atoms with E-state index in [1.165, 1.54) is 12.1 Å². The molecule has 0 aliphatic carbocycles. The molecule has 1 unspecified atom stereocenters. The number of nitrogens with zero attached hydrogens (tertiary/aromatic N) is 1. The normalized spacial score (nSPS) is 23.6. The van der Waals surface area contributed by atoms with Gasteiger partial charge in [-0.15, -0.1) is 0 Å². The summed E-state index contributed by atoms with van der Waals surface area (Å²) in [4.78, 5) is 13.9. The van der Waals surface area contributed by atoms with E-state index in [9.17, 15) is 9.18 Å². The van der Waals surface area contributed by atoms with Crippen molar-refractivity contribution < 1.29 is 9.18 Å². The molecular formula is C13H12FNO. The number of hydrogen-bond acceptors (Lipinski definition) is 1. The van der Waals surface area contributed by atoms with Crippen molar-refractivity contribution in [2.24, 2.45) is 0 Å². The first-order valence-corrected chi connectivity index (χ1v) is 5.54. The first kappa shape index (κ1) is 9.58. The maximum atomic E-state index is 12.8. The molecule has 0 bridgehead atoms. The van der Waals surface area contributed by atoms with Crippen LogP contribution in [0.3, 0.4) is 0 Å². The van der Waals surface area contributed by atoms with E-state index in [2.05, 4.69) is 0 Å². The molecule has 1 amide bonds. The Labute approximate surface area is 93.4 Å². The van der Waals surface area contributed by atoms with Crippen LogP contribution in [0.25, 0.3) is 5.57 Å². The Hall–Kier alpha value is -1.64. The third kappa shape index (κ3) is 1.35. The van der Waals surface area contributed by atoms with Crippen LogP contribution in [-0.2, 0) is 4.79 Å². The molecule has 0 spiro atoms. The van der Waals surface area contributed by atoms with Crippen molar-refractivity contribution in [1.82, 2.24) is 4.90 Å². The molecule has 0 saturated carbocycles. The minimum Gasteiger partial charge on any atom is -0.332 e. The second-order valence-corrected chi connectivity index (χ2v) is 4.30. The molecule has 2 aliphatic heterocycles. The highest BCUT2D eigenvalue weighted by Crippen LogP contribution is 2.32. The number of amides is 1. The molecular weight excluding hydrogens is 205 g/mol. The van der Waals surface area contributed by atoms with E-state index < -0.39 is 0 Å². The highest BCUT2D eigenvalue weighted by molar-refractivity contribution is 6.21. The molecule has 1 aromatic carbocycles. The van der Waals surface area contributed by atoms with Crippen LogP contribution in [-0.4, -0.2) is 23.4 Å². The SMILES string of the molecule is O=C1C(c2ccc(F)cc2)=CC2CCCN12. The first-order valence-electron chi connectivity index (χ1n) is 5.54. The minimum atomic E-state index is -0.268. The molecule has 2 nitrogen and oxygen atoms in total. The molecule has 1 aromatic rings. The van der Waals surface area contributed by atoms with Crippen LogP contribution in [0, 0.1) is 5.82 Å². The second-order valence-electron chi connectivity index (χ2n) is 4.30. The van der Waals surface area contributed by atoms with Crippen molar-refractivity contribution in [3.8, 4) is 0 Å². The van der Waals surface area contributed by atoms with Gasteiger partial charge in [-0.25, -0.2) is 4.39 Å². The van der Waals surface area contributed by atoms with Gasteiger partial charge in [0.15, 0.2) is 0 Å². The molecule has 0 N–H and O–H groups in total. The Balaban J connectivity index is 1.96. The molecule has 16 heavy (non-hydrogen) atoms. The molecule has 2 aliphatic rings. The predicted molar refractivity (Wildman–Crippen MR) is 59.1 cm³/mol. The zero-order valence-electron chi connectivity index (χ0n) is 8.82. The molecule has 1 atom stereocenters. The Kier molecular flexibility index (Phi) is 2.06. The van der Waals surface area contributed by atoms with E-state index >= 15 is 0 Å². The lowest BCUT2D eigenvalue weighted by Gasteiger charge is -2.14. The highest BCUT2D eigenvalue weighted by atomic mass is 19.1. The summed E-state index contributed by atoms with van der Waals surface area (Å²) in [7, 11) is 0. The molecule has 3 rings (SSSR count). The molecule has 1 fully saturated rings. The fraction of sp³-hybridized carbons (Fsp3) is 0.308. The van der Waals surface area contributed by atoms with Gasteiger partial charge < -0.3 is 4.90 Å². The second kappa shape index (κ2) is 3.44. The Morgan fingerprint density at radius 3 is 2.69 bits per heavy atom. The van der Waals surface area contributed by atoms with Gasteiger partial charge in [0, 0.05) is 12.1 Å². The van der Waals surface area contributed by atoms with Crippen molar-refractivity contribution in [2.45, 2.75) is 18.9 Å². The van der Waals surface area contributed by atoms with Crippen molar-refractivity contribution in [3.05, 3.63) is 41.7 Å². The van der Waals surface area contributed by atoms with Gasteiger partial charge in [0.25, 0.3) is 5.91 Å². The van der Waals surface area contributed by atoms with E-state index in [0.29, 0.717) is 0 Å². The number of halogens is 1. The average Bonchev–Trinajstić information content (AvgIpc) is 2.84. The maximum absolute atomic E-state index is 12.8. The van der Waals surface area contributed by atoms with Crippen molar-refractivity contribution in [1.29, 1.82) is 0 Å². The van der Waals surface area contributed by atoms with Crippen LogP contribution in [0.5, 0.6) is 0 Å². The lowest BCUT2D eigenvalue weighted by Crippen LogP contribution is -2.28. The first-order chi connectivity index (χ1) is 7.75. The summed E-state index contributed by atoms with van der Waals surface area (Å²) in [5, 5.41) is 0. The summed E-state index contributed by atoms with van der Waals surface area (Å²) in [6.45, 7) is 0.852. The average molecular weight is 217 g/mol. The monoisotopic (exact) mass is 217 g/mol. The summed E-state index contributed by atoms with van der Waals surface area (Å²) in [5.74, 6) is -0.176. The van der Waals surface area contributed by atoms with Crippen LogP contribution < -0.4 is 0 Å². The third-order valence-corrected chi connectivity index (χ3v) is 3.30. The molecule has 2 heterocycles. The van der Waals surface area contributed by atoms with E-state index in [4.69, 9.17) is 0 Å². The van der Waals surface area contributed by atoms with E-state index in [0.717, 1.165) is 30.5 Å². The van der Waals surface area contributed by atoms with Gasteiger partial charge in [0.1, 0.15) is 5.82 Å². The summed E-state index contributed by atoms with van der Waals surface area (Å²) < 4.78 is 12.8. The van der Waals surface area contributed by atoms with E-state index in [-0.39, 0.29) is 17.8 Å². The third-order valence-electron chi connectivity index (χ3n) is 3.30. The van der Waals surface area contributed by atoms with Gasteiger partial charge in [0.2, 0.25) is 0 Å². The number of benzene rings is 1. The predicted octanol–water partition coefficient (Wildman–Crippen LogP) is 2.21. The Bertz CT molecular complexity index is 463. The molecule has 0 aromatic heterocycles. The smallest absolute Gasteiger partial charge is 0.254 e. The van der Waals surface area contributed by atoms with Crippen LogP contribution in [0.2, 0.25) is 0 Å². The van der Waals surface area contributed by atoms with Gasteiger partial charge in [0.05, 0.1) is 6.04 Å². The lowest BCUT2D eigenvalue weighted by atomic mass is 10.0. The minimum absolute atomic E-state index is 0.0918. The van der Waals surface area contributed by atoms with Gasteiger partial charge in [-0.05, 0) is 36.6 Å². The van der Waals surface area contributed by atoms with Crippen molar-refractivity contribution in [3.63, 3.8) is 0 Å². The molecule has 82 valence electrons. The zero-order chi connectivity index (χ0) is 11.1. The topological polar surface area (TPSA) is 20.3 Å².